The van der Waals surface area contributed by atoms with E-state index in [0.717, 1.165) is 12.0 Å². The summed E-state index contributed by atoms with van der Waals surface area (Å²) < 4.78 is 24.8. The Bertz CT molecular complexity index is 690. The summed E-state index contributed by atoms with van der Waals surface area (Å²) in [6.45, 7) is 8.56. The molecule has 140 valence electrons. The first-order valence-corrected chi connectivity index (χ1v) is 10.7. The molecule has 0 aromatic heterocycles. The van der Waals surface area contributed by atoms with Crippen LogP contribution in [0.2, 0.25) is 0 Å². The molecule has 0 spiro atoms. The predicted molar refractivity (Wildman–Crippen MR) is 101 cm³/mol. The quantitative estimate of drug-likeness (QED) is 0.822. The van der Waals surface area contributed by atoms with Crippen molar-refractivity contribution in [2.24, 2.45) is 0 Å². The Balaban J connectivity index is 1.88. The Morgan fingerprint density at radius 3 is 2.24 bits per heavy atom. The first kappa shape index (κ1) is 19.9. The molecule has 1 amide bonds. The number of carbonyl (C=O) groups excluding carboxylic acids is 1. The fourth-order valence-electron chi connectivity index (χ4n) is 3.06. The third kappa shape index (κ3) is 5.82. The zero-order chi connectivity index (χ0) is 18.7. The van der Waals surface area contributed by atoms with Crippen molar-refractivity contribution < 1.29 is 13.2 Å². The number of rotatable bonds is 4. The highest BCUT2D eigenvalue weighted by Crippen LogP contribution is 2.22. The Morgan fingerprint density at radius 1 is 1.04 bits per heavy atom. The summed E-state index contributed by atoms with van der Waals surface area (Å²) in [6, 6.07) is 8.47. The van der Waals surface area contributed by atoms with E-state index < -0.39 is 10.0 Å². The fraction of sp³-hybridized carbons (Fsp3) is 0.632. The van der Waals surface area contributed by atoms with Gasteiger partial charge in [-0.25, -0.2) is 12.7 Å². The highest BCUT2D eigenvalue weighted by molar-refractivity contribution is 7.88. The number of amides is 1. The van der Waals surface area contributed by atoms with Gasteiger partial charge in [-0.2, -0.15) is 0 Å². The van der Waals surface area contributed by atoms with Gasteiger partial charge in [0, 0.05) is 32.6 Å². The molecule has 1 saturated heterocycles. The number of hydrogen-bond donors (Lipinski definition) is 0. The van der Waals surface area contributed by atoms with Gasteiger partial charge in [0.2, 0.25) is 15.9 Å². The van der Waals surface area contributed by atoms with Gasteiger partial charge in [-0.05, 0) is 29.4 Å². The van der Waals surface area contributed by atoms with E-state index in [0.29, 0.717) is 39.0 Å². The average molecular weight is 367 g/mol. The van der Waals surface area contributed by atoms with E-state index in [-0.39, 0.29) is 11.3 Å². The predicted octanol–water partition coefficient (Wildman–Crippen LogP) is 2.41. The van der Waals surface area contributed by atoms with Crippen LogP contribution in [0.5, 0.6) is 0 Å². The van der Waals surface area contributed by atoms with E-state index in [4.69, 9.17) is 0 Å². The Morgan fingerprint density at radius 2 is 1.68 bits per heavy atom. The maximum atomic E-state index is 12.5. The third-order valence-corrected chi connectivity index (χ3v) is 6.03. The van der Waals surface area contributed by atoms with Gasteiger partial charge in [0.1, 0.15) is 0 Å². The van der Waals surface area contributed by atoms with Crippen LogP contribution in [0.4, 0.5) is 0 Å². The van der Waals surface area contributed by atoms with Crippen molar-refractivity contribution in [2.75, 3.05) is 32.4 Å². The molecule has 1 aromatic carbocycles. The molecule has 1 heterocycles. The molecule has 1 aliphatic rings. The van der Waals surface area contributed by atoms with Crippen LogP contribution in [0, 0.1) is 0 Å². The van der Waals surface area contributed by atoms with Crippen LogP contribution in [0.3, 0.4) is 0 Å². The average Bonchev–Trinajstić information content (AvgIpc) is 2.78. The van der Waals surface area contributed by atoms with Crippen molar-refractivity contribution in [1.82, 2.24) is 9.21 Å². The summed E-state index contributed by atoms with van der Waals surface area (Å²) in [7, 11) is -3.17. The maximum absolute atomic E-state index is 12.5. The van der Waals surface area contributed by atoms with E-state index in [1.165, 1.54) is 16.1 Å². The van der Waals surface area contributed by atoms with Gasteiger partial charge in [-0.1, -0.05) is 45.0 Å². The molecule has 0 saturated carbocycles. The number of carbonyl (C=O) groups is 1. The second kappa shape index (κ2) is 7.87. The SMILES string of the molecule is CC(C)(C)c1ccc(CCC(=O)N2CCCN(S(C)(=O)=O)CC2)cc1. The van der Waals surface area contributed by atoms with Crippen LogP contribution < -0.4 is 0 Å². The van der Waals surface area contributed by atoms with Crippen LogP contribution in [0.25, 0.3) is 0 Å². The van der Waals surface area contributed by atoms with Crippen molar-refractivity contribution in [1.29, 1.82) is 0 Å². The molecule has 0 atom stereocenters. The van der Waals surface area contributed by atoms with Crippen molar-refractivity contribution in [3.63, 3.8) is 0 Å². The van der Waals surface area contributed by atoms with Gasteiger partial charge in [0.25, 0.3) is 0 Å². The van der Waals surface area contributed by atoms with Gasteiger partial charge in [0.15, 0.2) is 0 Å². The molecule has 25 heavy (non-hydrogen) atoms. The third-order valence-electron chi connectivity index (χ3n) is 4.72. The number of sulfonamides is 1. The van der Waals surface area contributed by atoms with Crippen LogP contribution in [-0.4, -0.2) is 56.0 Å². The lowest BCUT2D eigenvalue weighted by Crippen LogP contribution is -2.37. The summed E-state index contributed by atoms with van der Waals surface area (Å²) in [5.74, 6) is 0.107. The second-order valence-corrected chi connectivity index (χ2v) is 9.83. The minimum Gasteiger partial charge on any atom is -0.341 e. The van der Waals surface area contributed by atoms with Gasteiger partial charge in [-0.15, -0.1) is 0 Å². The summed E-state index contributed by atoms with van der Waals surface area (Å²) in [5, 5.41) is 0. The van der Waals surface area contributed by atoms with E-state index in [1.54, 1.807) is 4.90 Å². The molecule has 1 aliphatic heterocycles. The standard InChI is InChI=1S/C19H30N2O3S/c1-19(2,3)17-9-6-16(7-10-17)8-11-18(22)20-12-5-13-21(15-14-20)25(4,23)24/h6-7,9-10H,5,8,11-15H2,1-4H3. The number of hydrogen-bond acceptors (Lipinski definition) is 3. The van der Waals surface area contributed by atoms with Crippen LogP contribution in [-0.2, 0) is 26.7 Å². The molecule has 0 bridgehead atoms. The first-order chi connectivity index (χ1) is 11.6. The molecule has 2 rings (SSSR count). The van der Waals surface area contributed by atoms with Gasteiger partial charge in [0.05, 0.1) is 6.26 Å². The maximum Gasteiger partial charge on any atom is 0.222 e. The van der Waals surface area contributed by atoms with E-state index in [9.17, 15) is 13.2 Å². The topological polar surface area (TPSA) is 57.7 Å². The minimum atomic E-state index is -3.17. The van der Waals surface area contributed by atoms with E-state index in [2.05, 4.69) is 45.0 Å². The lowest BCUT2D eigenvalue weighted by atomic mass is 9.86. The summed E-state index contributed by atoms with van der Waals surface area (Å²) in [6.07, 6.45) is 3.11. The molecule has 1 aromatic rings. The van der Waals surface area contributed by atoms with Crippen LogP contribution in [0.1, 0.15) is 44.7 Å². The minimum absolute atomic E-state index is 0.107. The smallest absolute Gasteiger partial charge is 0.222 e. The van der Waals surface area contributed by atoms with Gasteiger partial charge >= 0.3 is 0 Å². The summed E-state index contributed by atoms with van der Waals surface area (Å²) >= 11 is 0. The van der Waals surface area contributed by atoms with Crippen molar-refractivity contribution in [2.45, 2.75) is 45.4 Å². The number of aryl methyl sites for hydroxylation is 1. The molecule has 5 nitrogen and oxygen atoms in total. The highest BCUT2D eigenvalue weighted by Gasteiger charge is 2.23. The highest BCUT2D eigenvalue weighted by atomic mass is 32.2. The monoisotopic (exact) mass is 366 g/mol. The van der Waals surface area contributed by atoms with Crippen molar-refractivity contribution >= 4 is 15.9 Å². The summed E-state index contributed by atoms with van der Waals surface area (Å²) in [4.78, 5) is 14.3. The van der Waals surface area contributed by atoms with Crippen LogP contribution in [0.15, 0.2) is 24.3 Å². The molecular weight excluding hydrogens is 336 g/mol. The van der Waals surface area contributed by atoms with Gasteiger partial charge in [-0.3, -0.25) is 4.79 Å². The molecule has 1 fully saturated rings. The summed E-state index contributed by atoms with van der Waals surface area (Å²) in [5.41, 5.74) is 2.58. The molecule has 0 unspecified atom stereocenters. The van der Waals surface area contributed by atoms with Crippen molar-refractivity contribution in [3.8, 4) is 0 Å². The van der Waals surface area contributed by atoms with Crippen molar-refractivity contribution in [3.05, 3.63) is 35.4 Å². The van der Waals surface area contributed by atoms with E-state index >= 15 is 0 Å². The lowest BCUT2D eigenvalue weighted by Gasteiger charge is -2.21. The normalized spacial score (nSPS) is 17.4. The fourth-order valence-corrected chi connectivity index (χ4v) is 3.93. The molecular formula is C19H30N2O3S. The Kier molecular flexibility index (Phi) is 6.27. The zero-order valence-electron chi connectivity index (χ0n) is 15.8. The zero-order valence-corrected chi connectivity index (χ0v) is 16.6. The first-order valence-electron chi connectivity index (χ1n) is 8.90. The van der Waals surface area contributed by atoms with Crippen LogP contribution >= 0.6 is 0 Å². The van der Waals surface area contributed by atoms with E-state index in [1.807, 2.05) is 0 Å². The Labute approximate surface area is 152 Å². The largest absolute Gasteiger partial charge is 0.341 e. The second-order valence-electron chi connectivity index (χ2n) is 7.84. The molecule has 0 radical (unpaired) electrons. The number of nitrogens with zero attached hydrogens (tertiary/aromatic N) is 2. The molecule has 6 heteroatoms. The Hall–Kier alpha value is -1.40. The lowest BCUT2D eigenvalue weighted by molar-refractivity contribution is -0.131. The molecule has 0 N–H and O–H groups in total. The molecule has 0 aliphatic carbocycles. The van der Waals surface area contributed by atoms with Gasteiger partial charge < -0.3 is 4.90 Å². The number of benzene rings is 1.